The minimum Gasteiger partial charge on any atom is -0.465 e. The van der Waals surface area contributed by atoms with E-state index in [1.54, 1.807) is 6.20 Å². The highest BCUT2D eigenvalue weighted by Crippen LogP contribution is 1.96. The Morgan fingerprint density at radius 1 is 1.50 bits per heavy atom. The Morgan fingerprint density at radius 2 is 2.31 bits per heavy atom. The summed E-state index contributed by atoms with van der Waals surface area (Å²) in [6, 6.07) is 5.84. The highest BCUT2D eigenvalue weighted by atomic mass is 16.5. The maximum Gasteiger partial charge on any atom is 0.320 e. The van der Waals surface area contributed by atoms with Crippen molar-refractivity contribution in [1.29, 1.82) is 0 Å². The number of nitrogens with zero attached hydrogens (tertiary/aromatic N) is 2. The Bertz CT molecular complexity index is 314. The number of aromatic nitrogens is 1. The van der Waals surface area contributed by atoms with E-state index in [9.17, 15) is 4.79 Å². The van der Waals surface area contributed by atoms with Crippen LogP contribution in [0.3, 0.4) is 0 Å². The van der Waals surface area contributed by atoms with Crippen molar-refractivity contribution >= 4 is 5.97 Å². The van der Waals surface area contributed by atoms with Crippen molar-refractivity contribution in [2.45, 2.75) is 13.3 Å². The maximum absolute atomic E-state index is 11.2. The van der Waals surface area contributed by atoms with Crippen molar-refractivity contribution in [3.05, 3.63) is 30.1 Å². The Labute approximate surface area is 96.2 Å². The van der Waals surface area contributed by atoms with Gasteiger partial charge in [-0.3, -0.25) is 14.7 Å². The van der Waals surface area contributed by atoms with Gasteiger partial charge in [0.15, 0.2) is 0 Å². The summed E-state index contributed by atoms with van der Waals surface area (Å²) in [5.41, 5.74) is 1.04. The fraction of sp³-hybridized carbons (Fsp3) is 0.500. The lowest BCUT2D eigenvalue weighted by molar-refractivity contribution is -0.144. The first-order chi connectivity index (χ1) is 7.72. The Hall–Kier alpha value is -1.42. The van der Waals surface area contributed by atoms with Gasteiger partial charge in [0.2, 0.25) is 0 Å². The number of ether oxygens (including phenoxy) is 1. The number of esters is 1. The van der Waals surface area contributed by atoms with Gasteiger partial charge < -0.3 is 4.74 Å². The molecule has 0 aliphatic carbocycles. The van der Waals surface area contributed by atoms with Crippen LogP contribution in [0.4, 0.5) is 0 Å². The van der Waals surface area contributed by atoms with E-state index in [-0.39, 0.29) is 5.97 Å². The number of hydrogen-bond acceptors (Lipinski definition) is 4. The highest BCUT2D eigenvalue weighted by molar-refractivity contribution is 5.71. The summed E-state index contributed by atoms with van der Waals surface area (Å²) in [5, 5.41) is 0. The SMILES string of the molecule is CCOC(=O)CN(C)CCc1ccccn1. The second-order valence-electron chi connectivity index (χ2n) is 3.61. The first-order valence-electron chi connectivity index (χ1n) is 5.46. The molecular formula is C12H18N2O2. The van der Waals surface area contributed by atoms with Crippen molar-refractivity contribution in [3.8, 4) is 0 Å². The van der Waals surface area contributed by atoms with Crippen LogP contribution >= 0.6 is 0 Å². The molecule has 0 amide bonds. The third-order valence-corrected chi connectivity index (χ3v) is 2.18. The smallest absolute Gasteiger partial charge is 0.320 e. The van der Waals surface area contributed by atoms with E-state index in [0.29, 0.717) is 13.2 Å². The molecule has 0 atom stereocenters. The van der Waals surface area contributed by atoms with E-state index >= 15 is 0 Å². The summed E-state index contributed by atoms with van der Waals surface area (Å²) in [7, 11) is 1.90. The van der Waals surface area contributed by atoms with Crippen LogP contribution in [0.15, 0.2) is 24.4 Å². The van der Waals surface area contributed by atoms with E-state index in [2.05, 4.69) is 4.98 Å². The van der Waals surface area contributed by atoms with Crippen LogP contribution in [0, 0.1) is 0 Å². The summed E-state index contributed by atoms with van der Waals surface area (Å²) in [4.78, 5) is 17.3. The Morgan fingerprint density at radius 3 is 2.94 bits per heavy atom. The van der Waals surface area contributed by atoms with Gasteiger partial charge in [0.25, 0.3) is 0 Å². The molecule has 0 saturated carbocycles. The molecule has 0 aliphatic heterocycles. The third kappa shape index (κ3) is 4.89. The zero-order valence-corrected chi connectivity index (χ0v) is 9.85. The molecule has 16 heavy (non-hydrogen) atoms. The number of likely N-dealkylation sites (N-methyl/N-ethyl adjacent to an activating group) is 1. The topological polar surface area (TPSA) is 42.4 Å². The van der Waals surface area contributed by atoms with Crippen LogP contribution < -0.4 is 0 Å². The molecule has 1 aromatic rings. The van der Waals surface area contributed by atoms with E-state index < -0.39 is 0 Å². The van der Waals surface area contributed by atoms with E-state index in [1.807, 2.05) is 37.1 Å². The Balaban J connectivity index is 2.25. The zero-order valence-electron chi connectivity index (χ0n) is 9.85. The molecule has 0 aliphatic rings. The van der Waals surface area contributed by atoms with Crippen LogP contribution in [-0.4, -0.2) is 42.6 Å². The van der Waals surface area contributed by atoms with Crippen LogP contribution in [0.25, 0.3) is 0 Å². The zero-order chi connectivity index (χ0) is 11.8. The van der Waals surface area contributed by atoms with Crippen LogP contribution in [-0.2, 0) is 16.0 Å². The Kier molecular flexibility index (Phi) is 5.50. The molecule has 0 saturated heterocycles. The normalized spacial score (nSPS) is 10.4. The molecular weight excluding hydrogens is 204 g/mol. The van der Waals surface area contributed by atoms with Crippen molar-refractivity contribution in [2.75, 3.05) is 26.7 Å². The minimum absolute atomic E-state index is 0.175. The molecule has 4 nitrogen and oxygen atoms in total. The number of rotatable bonds is 6. The lowest BCUT2D eigenvalue weighted by Crippen LogP contribution is -2.29. The van der Waals surface area contributed by atoms with E-state index in [1.165, 1.54) is 0 Å². The van der Waals surface area contributed by atoms with Crippen LogP contribution in [0.5, 0.6) is 0 Å². The highest BCUT2D eigenvalue weighted by Gasteiger charge is 2.06. The average Bonchev–Trinajstić information content (AvgIpc) is 2.28. The summed E-state index contributed by atoms with van der Waals surface area (Å²) >= 11 is 0. The summed E-state index contributed by atoms with van der Waals surface area (Å²) in [6.07, 6.45) is 2.62. The molecule has 0 N–H and O–H groups in total. The standard InChI is InChI=1S/C12H18N2O2/c1-3-16-12(15)10-14(2)9-7-11-6-4-5-8-13-11/h4-6,8H,3,7,9-10H2,1-2H3. The molecule has 0 unspecified atom stereocenters. The molecule has 0 radical (unpaired) electrons. The molecule has 1 aromatic heterocycles. The molecule has 0 spiro atoms. The van der Waals surface area contributed by atoms with Gasteiger partial charge in [-0.05, 0) is 26.1 Å². The van der Waals surface area contributed by atoms with Gasteiger partial charge in [0.05, 0.1) is 13.2 Å². The lowest BCUT2D eigenvalue weighted by atomic mass is 10.2. The quantitative estimate of drug-likeness (QED) is 0.676. The maximum atomic E-state index is 11.2. The average molecular weight is 222 g/mol. The first kappa shape index (κ1) is 12.6. The van der Waals surface area contributed by atoms with Crippen molar-refractivity contribution in [1.82, 2.24) is 9.88 Å². The largest absolute Gasteiger partial charge is 0.465 e. The second kappa shape index (κ2) is 6.95. The van der Waals surface area contributed by atoms with Crippen molar-refractivity contribution in [2.24, 2.45) is 0 Å². The molecule has 1 heterocycles. The van der Waals surface area contributed by atoms with Gasteiger partial charge in [-0.25, -0.2) is 0 Å². The number of hydrogen-bond donors (Lipinski definition) is 0. The van der Waals surface area contributed by atoms with Gasteiger partial charge >= 0.3 is 5.97 Å². The van der Waals surface area contributed by atoms with Gasteiger partial charge in [-0.15, -0.1) is 0 Å². The summed E-state index contributed by atoms with van der Waals surface area (Å²) < 4.78 is 4.87. The molecule has 0 fully saturated rings. The molecule has 88 valence electrons. The van der Waals surface area contributed by atoms with Crippen LogP contribution in [0.1, 0.15) is 12.6 Å². The number of pyridine rings is 1. The number of carbonyl (C=O) groups excluding carboxylic acids is 1. The predicted octanol–water partition coefficient (Wildman–Crippen LogP) is 1.12. The fourth-order valence-electron chi connectivity index (χ4n) is 1.36. The second-order valence-corrected chi connectivity index (χ2v) is 3.61. The van der Waals surface area contributed by atoms with E-state index in [4.69, 9.17) is 4.74 Å². The summed E-state index contributed by atoms with van der Waals surface area (Å²) in [5.74, 6) is -0.175. The minimum atomic E-state index is -0.175. The van der Waals surface area contributed by atoms with Gasteiger partial charge in [-0.2, -0.15) is 0 Å². The van der Waals surface area contributed by atoms with Crippen molar-refractivity contribution < 1.29 is 9.53 Å². The summed E-state index contributed by atoms with van der Waals surface area (Å²) in [6.45, 7) is 3.38. The first-order valence-corrected chi connectivity index (χ1v) is 5.46. The predicted molar refractivity (Wildman–Crippen MR) is 62.1 cm³/mol. The lowest BCUT2D eigenvalue weighted by Gasteiger charge is -2.14. The van der Waals surface area contributed by atoms with Crippen molar-refractivity contribution in [3.63, 3.8) is 0 Å². The molecule has 4 heteroatoms. The molecule has 0 aromatic carbocycles. The van der Waals surface area contributed by atoms with E-state index in [0.717, 1.165) is 18.7 Å². The van der Waals surface area contributed by atoms with Gasteiger partial charge in [0, 0.05) is 24.9 Å². The van der Waals surface area contributed by atoms with Gasteiger partial charge in [0.1, 0.15) is 0 Å². The fourth-order valence-corrected chi connectivity index (χ4v) is 1.36. The number of carbonyl (C=O) groups is 1. The monoisotopic (exact) mass is 222 g/mol. The van der Waals surface area contributed by atoms with Crippen LogP contribution in [0.2, 0.25) is 0 Å². The van der Waals surface area contributed by atoms with Gasteiger partial charge in [-0.1, -0.05) is 6.07 Å². The molecule has 0 bridgehead atoms. The third-order valence-electron chi connectivity index (χ3n) is 2.18. The molecule has 1 rings (SSSR count).